The van der Waals surface area contributed by atoms with Crippen molar-refractivity contribution < 1.29 is 4.42 Å². The molecular formula is C45H27N3O. The highest BCUT2D eigenvalue weighted by Crippen LogP contribution is 2.36. The van der Waals surface area contributed by atoms with Crippen LogP contribution in [0.25, 0.3) is 99.5 Å². The average molecular weight is 626 g/mol. The smallest absolute Gasteiger partial charge is 0.164 e. The van der Waals surface area contributed by atoms with Crippen molar-refractivity contribution in [2.75, 3.05) is 0 Å². The van der Waals surface area contributed by atoms with E-state index in [1.807, 2.05) is 36.4 Å². The van der Waals surface area contributed by atoms with Crippen LogP contribution >= 0.6 is 0 Å². The highest BCUT2D eigenvalue weighted by molar-refractivity contribution is 6.09. The van der Waals surface area contributed by atoms with Crippen LogP contribution in [0.2, 0.25) is 0 Å². The molecule has 4 heteroatoms. The molecular weight excluding hydrogens is 599 g/mol. The van der Waals surface area contributed by atoms with E-state index in [1.165, 1.54) is 32.5 Å². The zero-order valence-corrected chi connectivity index (χ0v) is 26.3. The van der Waals surface area contributed by atoms with Crippen molar-refractivity contribution in [2.45, 2.75) is 0 Å². The van der Waals surface area contributed by atoms with Crippen LogP contribution in [0.1, 0.15) is 0 Å². The fourth-order valence-electron chi connectivity index (χ4n) is 6.97. The van der Waals surface area contributed by atoms with Crippen molar-refractivity contribution in [3.63, 3.8) is 0 Å². The zero-order valence-electron chi connectivity index (χ0n) is 26.3. The SMILES string of the molecule is c1ccc(-c2nc(-c3ccc4c(ccc5ccccc54)c3)nc(-c3ccc4c(c3)oc3ccc(-c5ccc6ccccc6c5)cc34)n2)cc1. The van der Waals surface area contributed by atoms with Crippen LogP contribution in [0.4, 0.5) is 0 Å². The number of hydrogen-bond acceptors (Lipinski definition) is 4. The van der Waals surface area contributed by atoms with Crippen molar-refractivity contribution in [3.05, 3.63) is 164 Å². The maximum absolute atomic E-state index is 6.42. The molecule has 0 bridgehead atoms. The van der Waals surface area contributed by atoms with Gasteiger partial charge in [-0.25, -0.2) is 15.0 Å². The predicted molar refractivity (Wildman–Crippen MR) is 201 cm³/mol. The second-order valence-corrected chi connectivity index (χ2v) is 12.5. The van der Waals surface area contributed by atoms with E-state index in [0.717, 1.165) is 49.6 Å². The van der Waals surface area contributed by atoms with Gasteiger partial charge in [0.15, 0.2) is 17.5 Å². The largest absolute Gasteiger partial charge is 0.456 e. The Bertz CT molecular complexity index is 2890. The number of furan rings is 1. The van der Waals surface area contributed by atoms with Crippen molar-refractivity contribution in [3.8, 4) is 45.3 Å². The van der Waals surface area contributed by atoms with Crippen LogP contribution in [0.15, 0.2) is 168 Å². The summed E-state index contributed by atoms with van der Waals surface area (Å²) in [7, 11) is 0. The molecule has 0 amide bonds. The molecule has 0 atom stereocenters. The summed E-state index contributed by atoms with van der Waals surface area (Å²) in [6.07, 6.45) is 0. The predicted octanol–water partition coefficient (Wildman–Crippen LogP) is 11.9. The van der Waals surface area contributed by atoms with Gasteiger partial charge in [-0.1, -0.05) is 127 Å². The van der Waals surface area contributed by atoms with E-state index in [1.54, 1.807) is 0 Å². The van der Waals surface area contributed by atoms with E-state index in [2.05, 4.69) is 127 Å². The minimum atomic E-state index is 0.599. The van der Waals surface area contributed by atoms with Gasteiger partial charge in [-0.05, 0) is 79.8 Å². The summed E-state index contributed by atoms with van der Waals surface area (Å²) in [4.78, 5) is 15.0. The maximum Gasteiger partial charge on any atom is 0.164 e. The average Bonchev–Trinajstić information content (AvgIpc) is 3.55. The summed E-state index contributed by atoms with van der Waals surface area (Å²) in [6.45, 7) is 0. The second-order valence-electron chi connectivity index (χ2n) is 12.5. The van der Waals surface area contributed by atoms with E-state index in [0.29, 0.717) is 17.5 Å². The Morgan fingerprint density at radius 3 is 1.67 bits per heavy atom. The molecule has 0 aliphatic carbocycles. The number of benzene rings is 8. The van der Waals surface area contributed by atoms with Crippen molar-refractivity contribution in [1.82, 2.24) is 15.0 Å². The molecule has 0 aliphatic heterocycles. The summed E-state index contributed by atoms with van der Waals surface area (Å²) < 4.78 is 6.42. The summed E-state index contributed by atoms with van der Waals surface area (Å²) >= 11 is 0. The molecule has 4 nitrogen and oxygen atoms in total. The van der Waals surface area contributed by atoms with E-state index < -0.39 is 0 Å². The van der Waals surface area contributed by atoms with Gasteiger partial charge in [-0.3, -0.25) is 0 Å². The lowest BCUT2D eigenvalue weighted by Crippen LogP contribution is -2.00. The molecule has 0 spiro atoms. The molecule has 0 aliphatic rings. The number of rotatable bonds is 4. The Morgan fingerprint density at radius 2 is 0.837 bits per heavy atom. The first-order valence-electron chi connectivity index (χ1n) is 16.4. The molecule has 10 aromatic rings. The van der Waals surface area contributed by atoms with E-state index >= 15 is 0 Å². The Morgan fingerprint density at radius 1 is 0.286 bits per heavy atom. The Balaban J connectivity index is 1.09. The van der Waals surface area contributed by atoms with Gasteiger partial charge in [0, 0.05) is 27.5 Å². The quantitative estimate of drug-likeness (QED) is 0.183. The first-order valence-corrected chi connectivity index (χ1v) is 16.4. The normalized spacial score (nSPS) is 11.7. The van der Waals surface area contributed by atoms with Gasteiger partial charge < -0.3 is 4.42 Å². The number of hydrogen-bond donors (Lipinski definition) is 0. The molecule has 49 heavy (non-hydrogen) atoms. The number of aromatic nitrogens is 3. The minimum Gasteiger partial charge on any atom is -0.456 e. The van der Waals surface area contributed by atoms with Gasteiger partial charge in [-0.15, -0.1) is 0 Å². The second kappa shape index (κ2) is 11.0. The van der Waals surface area contributed by atoms with Crippen molar-refractivity contribution in [2.24, 2.45) is 0 Å². The zero-order chi connectivity index (χ0) is 32.3. The van der Waals surface area contributed by atoms with Gasteiger partial charge in [0.05, 0.1) is 0 Å². The Kier molecular flexibility index (Phi) is 6.15. The lowest BCUT2D eigenvalue weighted by Gasteiger charge is -2.10. The standard InChI is InChI=1S/C45H27N3O/c1-2-10-30(11-3-1)43-46-44(35-18-21-38-34(25-35)17-15-29-9-6-7-13-37(29)38)48-45(47-43)36-19-22-39-40-26-33(20-23-41(40)49-42(39)27-36)32-16-14-28-8-4-5-12-31(28)24-32/h1-27H. The van der Waals surface area contributed by atoms with Gasteiger partial charge >= 0.3 is 0 Å². The third-order valence-corrected chi connectivity index (χ3v) is 9.48. The topological polar surface area (TPSA) is 51.8 Å². The van der Waals surface area contributed by atoms with Crippen LogP contribution in [0.3, 0.4) is 0 Å². The molecule has 0 unspecified atom stereocenters. The summed E-state index contributed by atoms with van der Waals surface area (Å²) in [6, 6.07) is 57.1. The van der Waals surface area contributed by atoms with Gasteiger partial charge in [-0.2, -0.15) is 0 Å². The lowest BCUT2D eigenvalue weighted by atomic mass is 9.99. The van der Waals surface area contributed by atoms with Gasteiger partial charge in [0.25, 0.3) is 0 Å². The van der Waals surface area contributed by atoms with Crippen LogP contribution in [-0.2, 0) is 0 Å². The fraction of sp³-hybridized carbons (Fsp3) is 0. The minimum absolute atomic E-state index is 0.599. The molecule has 2 aromatic heterocycles. The van der Waals surface area contributed by atoms with Gasteiger partial charge in [0.2, 0.25) is 0 Å². The molecule has 10 rings (SSSR count). The molecule has 0 saturated carbocycles. The molecule has 0 radical (unpaired) electrons. The molecule has 0 fully saturated rings. The third-order valence-electron chi connectivity index (χ3n) is 9.48. The van der Waals surface area contributed by atoms with Crippen molar-refractivity contribution in [1.29, 1.82) is 0 Å². The van der Waals surface area contributed by atoms with Crippen LogP contribution in [0, 0.1) is 0 Å². The van der Waals surface area contributed by atoms with E-state index in [4.69, 9.17) is 19.4 Å². The molecule has 8 aromatic carbocycles. The Labute approximate surface area is 282 Å². The molecule has 0 N–H and O–H groups in total. The fourth-order valence-corrected chi connectivity index (χ4v) is 6.97. The maximum atomic E-state index is 6.42. The first kappa shape index (κ1) is 27.5. The Hall–Kier alpha value is -6.65. The monoisotopic (exact) mass is 625 g/mol. The summed E-state index contributed by atoms with van der Waals surface area (Å²) in [5.41, 5.74) is 6.72. The van der Waals surface area contributed by atoms with Crippen LogP contribution in [-0.4, -0.2) is 15.0 Å². The molecule has 0 saturated heterocycles. The molecule has 2 heterocycles. The van der Waals surface area contributed by atoms with Crippen molar-refractivity contribution >= 4 is 54.3 Å². The first-order chi connectivity index (χ1) is 24.2. The third kappa shape index (κ3) is 4.73. The lowest BCUT2D eigenvalue weighted by molar-refractivity contribution is 0.669. The van der Waals surface area contributed by atoms with E-state index in [9.17, 15) is 0 Å². The van der Waals surface area contributed by atoms with Gasteiger partial charge in [0.1, 0.15) is 11.2 Å². The number of nitrogens with zero attached hydrogens (tertiary/aromatic N) is 3. The summed E-state index contributed by atoms with van der Waals surface area (Å²) in [5.74, 6) is 1.86. The summed E-state index contributed by atoms with van der Waals surface area (Å²) in [5, 5.41) is 9.41. The molecule has 228 valence electrons. The highest BCUT2D eigenvalue weighted by Gasteiger charge is 2.16. The number of fused-ring (bicyclic) bond motifs is 7. The van der Waals surface area contributed by atoms with Crippen LogP contribution < -0.4 is 0 Å². The van der Waals surface area contributed by atoms with E-state index in [-0.39, 0.29) is 0 Å². The highest BCUT2D eigenvalue weighted by atomic mass is 16.3. The van der Waals surface area contributed by atoms with Crippen LogP contribution in [0.5, 0.6) is 0 Å².